The van der Waals surface area contributed by atoms with E-state index >= 15 is 0 Å². The van der Waals surface area contributed by atoms with Crippen molar-refractivity contribution < 1.29 is 13.2 Å². The van der Waals surface area contributed by atoms with Crippen molar-refractivity contribution >= 4 is 33.1 Å². The van der Waals surface area contributed by atoms with Crippen molar-refractivity contribution in [3.05, 3.63) is 64.4 Å². The third kappa shape index (κ3) is 3.90. The van der Waals surface area contributed by atoms with Gasteiger partial charge in [-0.05, 0) is 48.4 Å². The maximum absolute atomic E-state index is 12.7. The minimum absolute atomic E-state index is 0.0458. The highest BCUT2D eigenvalue weighted by atomic mass is 32.2. The van der Waals surface area contributed by atoms with Gasteiger partial charge >= 0.3 is 0 Å². The van der Waals surface area contributed by atoms with Gasteiger partial charge in [0.05, 0.1) is 0 Å². The largest absolute Gasteiger partial charge is 0.440 e. The molecule has 8 heteroatoms. The van der Waals surface area contributed by atoms with Gasteiger partial charge in [-0.25, -0.2) is 13.9 Å². The number of aromatic nitrogens is 2. The number of nitrogens with one attached hydrogen (secondary N) is 1. The Labute approximate surface area is 187 Å². The van der Waals surface area contributed by atoms with Gasteiger partial charge < -0.3 is 8.98 Å². The Kier molecular flexibility index (Phi) is 5.67. The lowest BCUT2D eigenvalue weighted by molar-refractivity contribution is 0.474. The fraction of sp³-hybridized carbons (Fsp3) is 0.333. The predicted molar refractivity (Wildman–Crippen MR) is 126 cm³/mol. The van der Waals surface area contributed by atoms with Crippen LogP contribution in [0, 0.1) is 0 Å². The Morgan fingerprint density at radius 2 is 1.94 bits per heavy atom. The van der Waals surface area contributed by atoms with Crippen LogP contribution in [-0.4, -0.2) is 24.9 Å². The first-order valence-electron chi connectivity index (χ1n) is 10.9. The van der Waals surface area contributed by atoms with Gasteiger partial charge in [-0.1, -0.05) is 31.0 Å². The van der Waals surface area contributed by atoms with Crippen molar-refractivity contribution in [2.24, 2.45) is 7.05 Å². The monoisotopic (exact) mass is 451 g/mol. The zero-order valence-corrected chi connectivity index (χ0v) is 18.7. The lowest BCUT2D eigenvalue weighted by Gasteiger charge is -2.11. The zero-order valence-electron chi connectivity index (χ0n) is 17.8. The second-order valence-corrected chi connectivity index (χ2v) is 9.21. The van der Waals surface area contributed by atoms with Crippen LogP contribution in [0.3, 0.4) is 0 Å². The SMILES string of the molecule is Cn1cc(-c2cc(CCNS(=O)O)cc3nc(C4CCCC4)oc23)c2ccccc2c1=O. The second-order valence-electron chi connectivity index (χ2n) is 8.42. The zero-order chi connectivity index (χ0) is 22.2. The summed E-state index contributed by atoms with van der Waals surface area (Å²) in [5.74, 6) is 1.12. The highest BCUT2D eigenvalue weighted by Gasteiger charge is 2.24. The van der Waals surface area contributed by atoms with E-state index in [1.807, 2.05) is 42.6 Å². The number of pyridine rings is 1. The normalized spacial score (nSPS) is 15.7. The van der Waals surface area contributed by atoms with Crippen LogP contribution in [0.5, 0.6) is 0 Å². The van der Waals surface area contributed by atoms with Crippen LogP contribution in [0.15, 0.2) is 51.8 Å². The summed E-state index contributed by atoms with van der Waals surface area (Å²) in [6, 6.07) is 11.6. The predicted octanol–water partition coefficient (Wildman–Crippen LogP) is 4.27. The molecular weight excluding hydrogens is 426 g/mol. The first-order valence-corrected chi connectivity index (χ1v) is 12.0. The molecule has 1 fully saturated rings. The Bertz CT molecular complexity index is 1390. The van der Waals surface area contributed by atoms with E-state index in [4.69, 9.17) is 14.0 Å². The van der Waals surface area contributed by atoms with Crippen molar-refractivity contribution in [3.8, 4) is 11.1 Å². The number of rotatable bonds is 6. The molecule has 2 N–H and O–H groups in total. The molecule has 5 rings (SSSR count). The van der Waals surface area contributed by atoms with Gasteiger partial charge in [0.2, 0.25) is 11.3 Å². The van der Waals surface area contributed by atoms with Crippen LogP contribution < -0.4 is 10.3 Å². The average molecular weight is 452 g/mol. The van der Waals surface area contributed by atoms with E-state index in [-0.39, 0.29) is 5.56 Å². The lowest BCUT2D eigenvalue weighted by Crippen LogP contribution is -2.19. The fourth-order valence-electron chi connectivity index (χ4n) is 4.71. The second kappa shape index (κ2) is 8.61. The summed E-state index contributed by atoms with van der Waals surface area (Å²) in [5, 5.41) is 1.52. The van der Waals surface area contributed by atoms with Gasteiger partial charge in [-0.3, -0.25) is 9.35 Å². The molecule has 1 aliphatic rings. The number of hydrogen-bond acceptors (Lipinski definition) is 4. The molecule has 1 atom stereocenters. The maximum Gasteiger partial charge on any atom is 0.258 e. The topological polar surface area (TPSA) is 97.4 Å². The number of hydrogen-bond donors (Lipinski definition) is 2. The number of nitrogens with zero attached hydrogens (tertiary/aromatic N) is 2. The van der Waals surface area contributed by atoms with E-state index in [0.29, 0.717) is 24.3 Å². The molecule has 1 saturated carbocycles. The van der Waals surface area contributed by atoms with Crippen molar-refractivity contribution in [2.75, 3.05) is 6.54 Å². The van der Waals surface area contributed by atoms with E-state index in [1.54, 1.807) is 11.6 Å². The van der Waals surface area contributed by atoms with Gasteiger partial charge in [-0.2, -0.15) is 0 Å². The molecule has 0 bridgehead atoms. The van der Waals surface area contributed by atoms with Gasteiger partial charge in [0, 0.05) is 42.2 Å². The highest BCUT2D eigenvalue weighted by molar-refractivity contribution is 7.77. The summed E-state index contributed by atoms with van der Waals surface area (Å²) in [5.41, 5.74) is 4.22. The molecule has 7 nitrogen and oxygen atoms in total. The van der Waals surface area contributed by atoms with E-state index in [1.165, 1.54) is 12.8 Å². The number of oxazole rings is 1. The van der Waals surface area contributed by atoms with E-state index in [9.17, 15) is 9.00 Å². The highest BCUT2D eigenvalue weighted by Crippen LogP contribution is 2.39. The summed E-state index contributed by atoms with van der Waals surface area (Å²) in [7, 11) is 1.75. The van der Waals surface area contributed by atoms with Crippen molar-refractivity contribution in [3.63, 3.8) is 0 Å². The standard InChI is InChI=1S/C24H25N3O4S/c1-27-14-20(17-8-4-5-9-18(17)24(27)28)19-12-15(10-11-25-32(29)30)13-21-22(19)31-23(26-21)16-6-2-3-7-16/h4-5,8-9,12-14,16,25H,2-3,6-7,10-11H2,1H3,(H,29,30). The summed E-state index contributed by atoms with van der Waals surface area (Å²) < 4.78 is 30.5. The van der Waals surface area contributed by atoms with Gasteiger partial charge in [0.25, 0.3) is 5.56 Å². The quantitative estimate of drug-likeness (QED) is 0.427. The number of aryl methyl sites for hydroxylation is 1. The fourth-order valence-corrected chi connectivity index (χ4v) is 4.99. The summed E-state index contributed by atoms with van der Waals surface area (Å²) in [6.45, 7) is 0.357. The summed E-state index contributed by atoms with van der Waals surface area (Å²) in [4.78, 5) is 17.5. The molecule has 0 aliphatic heterocycles. The van der Waals surface area contributed by atoms with E-state index in [2.05, 4.69) is 4.72 Å². The van der Waals surface area contributed by atoms with Crippen molar-refractivity contribution in [1.82, 2.24) is 14.3 Å². The van der Waals surface area contributed by atoms with Crippen molar-refractivity contribution in [2.45, 2.75) is 38.0 Å². The summed E-state index contributed by atoms with van der Waals surface area (Å²) >= 11 is -2.05. The van der Waals surface area contributed by atoms with Gasteiger partial charge in [0.15, 0.2) is 11.5 Å². The molecule has 2 aromatic heterocycles. The molecule has 1 aliphatic carbocycles. The van der Waals surface area contributed by atoms with Crippen LogP contribution in [-0.2, 0) is 24.7 Å². The van der Waals surface area contributed by atoms with Crippen LogP contribution in [0.4, 0.5) is 0 Å². The first-order chi connectivity index (χ1) is 15.5. The number of fused-ring (bicyclic) bond motifs is 2. The Morgan fingerprint density at radius 3 is 2.69 bits per heavy atom. The van der Waals surface area contributed by atoms with Gasteiger partial charge in [-0.15, -0.1) is 0 Å². The van der Waals surface area contributed by atoms with Gasteiger partial charge in [0.1, 0.15) is 5.52 Å². The Morgan fingerprint density at radius 1 is 1.19 bits per heavy atom. The number of benzene rings is 2. The molecule has 1 unspecified atom stereocenters. The molecule has 4 aromatic rings. The maximum atomic E-state index is 12.7. The molecule has 0 amide bonds. The Balaban J connectivity index is 1.71. The Hall–Kier alpha value is -2.81. The van der Waals surface area contributed by atoms with E-state index < -0.39 is 11.3 Å². The van der Waals surface area contributed by atoms with Crippen LogP contribution in [0.25, 0.3) is 33.0 Å². The molecule has 0 radical (unpaired) electrons. The molecule has 166 valence electrons. The third-order valence-electron chi connectivity index (χ3n) is 6.29. The minimum Gasteiger partial charge on any atom is -0.440 e. The molecule has 0 spiro atoms. The molecule has 2 aromatic carbocycles. The minimum atomic E-state index is -2.05. The molecule has 0 saturated heterocycles. The molecular formula is C24H25N3O4S. The van der Waals surface area contributed by atoms with Crippen molar-refractivity contribution in [1.29, 1.82) is 0 Å². The van der Waals surface area contributed by atoms with E-state index in [0.717, 1.165) is 51.9 Å². The molecule has 32 heavy (non-hydrogen) atoms. The molecule has 2 heterocycles. The lowest BCUT2D eigenvalue weighted by atomic mass is 9.97. The third-order valence-corrected chi connectivity index (χ3v) is 6.74. The van der Waals surface area contributed by atoms with Crippen LogP contribution in [0.2, 0.25) is 0 Å². The van der Waals surface area contributed by atoms with Crippen LogP contribution >= 0.6 is 0 Å². The average Bonchev–Trinajstić information content (AvgIpc) is 3.45. The first kappa shape index (κ1) is 21.1. The smallest absolute Gasteiger partial charge is 0.258 e. The summed E-state index contributed by atoms with van der Waals surface area (Å²) in [6.07, 6.45) is 6.97. The van der Waals surface area contributed by atoms with Crippen LogP contribution in [0.1, 0.15) is 43.1 Å².